The summed E-state index contributed by atoms with van der Waals surface area (Å²) >= 11 is 2.85. The fourth-order valence-electron chi connectivity index (χ4n) is 3.49. The molecule has 4 unspecified atom stereocenters. The average Bonchev–Trinajstić information content (AvgIpc) is 3.39. The second-order valence-electron chi connectivity index (χ2n) is 7.45. The highest BCUT2D eigenvalue weighted by atomic mass is 79.9. The Kier molecular flexibility index (Phi) is 7.31. The Morgan fingerprint density at radius 2 is 2.06 bits per heavy atom. The van der Waals surface area contributed by atoms with Crippen molar-refractivity contribution in [3.63, 3.8) is 0 Å². The highest BCUT2D eigenvalue weighted by Gasteiger charge is 2.44. The summed E-state index contributed by atoms with van der Waals surface area (Å²) in [6.45, 7) is -0.403. The Morgan fingerprint density at radius 3 is 2.80 bits per heavy atom. The summed E-state index contributed by atoms with van der Waals surface area (Å²) in [6, 6.07) is 7.14. The number of fused-ring (bicyclic) bond motifs is 1. The van der Waals surface area contributed by atoms with E-state index in [-0.39, 0.29) is 5.33 Å². The van der Waals surface area contributed by atoms with Gasteiger partial charge in [-0.15, -0.1) is 6.42 Å². The molecule has 13 nitrogen and oxygen atoms in total. The molecule has 2 aromatic heterocycles. The van der Waals surface area contributed by atoms with Gasteiger partial charge in [-0.1, -0.05) is 27.9 Å². The van der Waals surface area contributed by atoms with Crippen LogP contribution in [0.4, 0.5) is 11.5 Å². The van der Waals surface area contributed by atoms with Crippen molar-refractivity contribution in [2.24, 2.45) is 0 Å². The number of aliphatic hydroxyl groups is 2. The number of hydrogen-bond donors (Lipinski definition) is 5. The van der Waals surface area contributed by atoms with E-state index in [1.807, 2.05) is 0 Å². The van der Waals surface area contributed by atoms with Crippen LogP contribution in [0, 0.1) is 12.3 Å². The third kappa shape index (κ3) is 5.42. The minimum atomic E-state index is -4.18. The molecule has 1 aromatic carbocycles. The van der Waals surface area contributed by atoms with Crippen molar-refractivity contribution in [1.82, 2.24) is 29.0 Å². The Labute approximate surface area is 208 Å². The molecule has 0 spiro atoms. The van der Waals surface area contributed by atoms with Crippen molar-refractivity contribution in [3.8, 4) is 12.3 Å². The number of alkyl halides is 1. The zero-order chi connectivity index (χ0) is 25.2. The first kappa shape index (κ1) is 25.0. The molecule has 3 heterocycles. The maximum absolute atomic E-state index is 11.9. The quantitative estimate of drug-likeness (QED) is 0.177. The van der Waals surface area contributed by atoms with E-state index in [0.717, 1.165) is 0 Å². The molecule has 1 aliphatic heterocycles. The van der Waals surface area contributed by atoms with Crippen molar-refractivity contribution in [2.75, 3.05) is 17.2 Å². The van der Waals surface area contributed by atoms with E-state index in [1.54, 1.807) is 29.0 Å². The Balaban J connectivity index is 1.53. The topological polar surface area (TPSA) is 181 Å². The summed E-state index contributed by atoms with van der Waals surface area (Å²) in [6.07, 6.45) is 3.03. The number of aliphatic hydroxyl groups excluding tert-OH is 2. The predicted octanol–water partition coefficient (Wildman–Crippen LogP) is -0.484. The molecule has 4 atom stereocenters. The number of anilines is 2. The maximum Gasteiger partial charge on any atom is 0.301 e. The number of hydrogen-bond acceptors (Lipinski definition) is 10. The molecule has 0 radical (unpaired) electrons. The summed E-state index contributed by atoms with van der Waals surface area (Å²) in [5.74, 6) is 2.15. The normalized spacial score (nSPS) is 22.1. The van der Waals surface area contributed by atoms with Gasteiger partial charge in [0.1, 0.15) is 24.6 Å². The molecular weight excluding hydrogens is 546 g/mol. The summed E-state index contributed by atoms with van der Waals surface area (Å²) in [4.78, 5) is 24.1. The fraction of sp³-hybridized carbons (Fsp3) is 0.300. The summed E-state index contributed by atoms with van der Waals surface area (Å²) in [5.41, 5.74) is 2.03. The van der Waals surface area contributed by atoms with Gasteiger partial charge in [-0.2, -0.15) is 13.1 Å². The van der Waals surface area contributed by atoms with Crippen LogP contribution in [0.2, 0.25) is 0 Å². The van der Waals surface area contributed by atoms with E-state index in [1.165, 1.54) is 17.2 Å². The SMILES string of the molecule is C#Cc1cccc(Nc2ncnc3c2ncn3C2OC(CNS(=O)(=O)NC(=O)CBr)C(O)C2O)c1. The highest BCUT2D eigenvalue weighted by Crippen LogP contribution is 2.32. The standard InChI is InChI=1S/C20H20BrN7O6S/c1-2-11-4-3-5-12(6-11)26-18-15-19(23-9-22-18)28(10-24-15)20-17(31)16(30)13(34-20)8-25-35(32,33)27-14(29)7-21/h1,3-6,9-10,13,16-17,20,25,30-31H,7-8H2,(H,27,29)(H,22,23,26). The number of halogens is 1. The molecule has 15 heteroatoms. The average molecular weight is 566 g/mol. The number of terminal acetylenes is 1. The van der Waals surface area contributed by atoms with Crippen LogP contribution in [0.5, 0.6) is 0 Å². The lowest BCUT2D eigenvalue weighted by atomic mass is 10.1. The summed E-state index contributed by atoms with van der Waals surface area (Å²) in [5, 5.41) is 23.9. The monoisotopic (exact) mass is 565 g/mol. The van der Waals surface area contributed by atoms with Gasteiger partial charge in [-0.05, 0) is 18.2 Å². The van der Waals surface area contributed by atoms with Crippen molar-refractivity contribution in [3.05, 3.63) is 42.5 Å². The number of carbonyl (C=O) groups excluding carboxylic acids is 1. The number of amides is 1. The van der Waals surface area contributed by atoms with Gasteiger partial charge in [0.15, 0.2) is 23.2 Å². The highest BCUT2D eigenvalue weighted by molar-refractivity contribution is 9.09. The molecule has 1 fully saturated rings. The van der Waals surface area contributed by atoms with Crippen molar-refractivity contribution in [2.45, 2.75) is 24.5 Å². The van der Waals surface area contributed by atoms with Crippen LogP contribution in [0.25, 0.3) is 11.2 Å². The van der Waals surface area contributed by atoms with Gasteiger partial charge < -0.3 is 20.3 Å². The summed E-state index contributed by atoms with van der Waals surface area (Å²) in [7, 11) is -4.18. The number of nitrogens with zero attached hydrogens (tertiary/aromatic N) is 4. The minimum Gasteiger partial charge on any atom is -0.387 e. The molecule has 184 valence electrons. The van der Waals surface area contributed by atoms with Crippen LogP contribution < -0.4 is 14.8 Å². The van der Waals surface area contributed by atoms with Gasteiger partial charge in [0.2, 0.25) is 5.91 Å². The Bertz CT molecular complexity index is 1390. The van der Waals surface area contributed by atoms with Crippen LogP contribution in [0.1, 0.15) is 11.8 Å². The van der Waals surface area contributed by atoms with Gasteiger partial charge >= 0.3 is 10.2 Å². The smallest absolute Gasteiger partial charge is 0.301 e. The van der Waals surface area contributed by atoms with Gasteiger partial charge in [0.05, 0.1) is 11.7 Å². The number of rotatable bonds is 8. The molecule has 0 bridgehead atoms. The van der Waals surface area contributed by atoms with Crippen LogP contribution in [0.15, 0.2) is 36.9 Å². The lowest BCUT2D eigenvalue weighted by Crippen LogP contribution is -2.46. The summed E-state index contributed by atoms with van der Waals surface area (Å²) < 4.78 is 34.9. The predicted molar refractivity (Wildman–Crippen MR) is 128 cm³/mol. The van der Waals surface area contributed by atoms with E-state index in [4.69, 9.17) is 11.2 Å². The van der Waals surface area contributed by atoms with Crippen LogP contribution in [0.3, 0.4) is 0 Å². The van der Waals surface area contributed by atoms with E-state index in [2.05, 4.69) is 46.8 Å². The first-order chi connectivity index (χ1) is 16.7. The molecule has 1 saturated heterocycles. The van der Waals surface area contributed by atoms with Crippen molar-refractivity contribution >= 4 is 54.7 Å². The third-order valence-corrected chi connectivity index (χ3v) is 6.66. The molecule has 1 aliphatic rings. The molecule has 0 saturated carbocycles. The first-order valence-corrected chi connectivity index (χ1v) is 12.7. The zero-order valence-electron chi connectivity index (χ0n) is 17.9. The number of carbonyl (C=O) groups is 1. The van der Waals surface area contributed by atoms with Gasteiger partial charge in [0.25, 0.3) is 0 Å². The number of imidazole rings is 1. The van der Waals surface area contributed by atoms with E-state index >= 15 is 0 Å². The Morgan fingerprint density at radius 1 is 1.26 bits per heavy atom. The lowest BCUT2D eigenvalue weighted by Gasteiger charge is -2.16. The number of nitrogens with one attached hydrogen (secondary N) is 3. The number of aromatic nitrogens is 4. The molecular formula is C20H20BrN7O6S. The van der Waals surface area contributed by atoms with Gasteiger partial charge in [-0.3, -0.25) is 9.36 Å². The molecule has 1 amide bonds. The molecule has 0 aliphatic carbocycles. The van der Waals surface area contributed by atoms with E-state index < -0.39 is 47.2 Å². The van der Waals surface area contributed by atoms with Crippen LogP contribution in [-0.2, 0) is 19.7 Å². The first-order valence-electron chi connectivity index (χ1n) is 10.1. The fourth-order valence-corrected chi connectivity index (χ4v) is 4.64. The van der Waals surface area contributed by atoms with Crippen molar-refractivity contribution in [1.29, 1.82) is 0 Å². The van der Waals surface area contributed by atoms with Crippen LogP contribution in [-0.4, -0.2) is 74.2 Å². The van der Waals surface area contributed by atoms with Gasteiger partial charge in [0, 0.05) is 17.8 Å². The molecule has 35 heavy (non-hydrogen) atoms. The molecule has 3 aromatic rings. The van der Waals surface area contributed by atoms with E-state index in [0.29, 0.717) is 28.2 Å². The number of benzene rings is 1. The lowest BCUT2D eigenvalue weighted by molar-refractivity contribution is -0.116. The van der Waals surface area contributed by atoms with Gasteiger partial charge in [-0.25, -0.2) is 19.7 Å². The van der Waals surface area contributed by atoms with E-state index in [9.17, 15) is 23.4 Å². The Hall–Kier alpha value is -3.13. The largest absolute Gasteiger partial charge is 0.387 e. The second-order valence-corrected chi connectivity index (χ2v) is 9.51. The maximum atomic E-state index is 11.9. The van der Waals surface area contributed by atoms with Crippen LogP contribution >= 0.6 is 15.9 Å². The molecule has 4 rings (SSSR count). The second kappa shape index (κ2) is 10.2. The number of ether oxygens (including phenoxy) is 1. The minimum absolute atomic E-state index is 0.209. The zero-order valence-corrected chi connectivity index (χ0v) is 20.3. The van der Waals surface area contributed by atoms with Crippen molar-refractivity contribution < 1.29 is 28.2 Å². The molecule has 5 N–H and O–H groups in total. The third-order valence-electron chi connectivity index (χ3n) is 5.11.